The summed E-state index contributed by atoms with van der Waals surface area (Å²) in [6.45, 7) is 3.94. The molecular weight excluding hydrogens is 230 g/mol. The van der Waals surface area contributed by atoms with Crippen LogP contribution in [0.2, 0.25) is 0 Å². The van der Waals surface area contributed by atoms with Gasteiger partial charge in [0.25, 0.3) is 0 Å². The topological polar surface area (TPSA) is 57.0 Å². The molecule has 0 aromatic carbocycles. The van der Waals surface area contributed by atoms with Crippen molar-refractivity contribution >= 4 is 5.97 Å². The van der Waals surface area contributed by atoms with Crippen molar-refractivity contribution in [1.82, 2.24) is 14.8 Å². The van der Waals surface area contributed by atoms with Crippen molar-refractivity contribution in [2.45, 2.75) is 13.8 Å². The van der Waals surface area contributed by atoms with Crippen LogP contribution in [0.3, 0.4) is 0 Å². The number of pyridine rings is 1. The molecular formula is C13H15N3O2. The molecule has 0 bridgehead atoms. The first-order chi connectivity index (χ1) is 8.54. The molecule has 0 saturated carbocycles. The van der Waals surface area contributed by atoms with Crippen LogP contribution < -0.4 is 0 Å². The van der Waals surface area contributed by atoms with Gasteiger partial charge in [0.05, 0.1) is 13.3 Å². The van der Waals surface area contributed by atoms with Gasteiger partial charge in [0.1, 0.15) is 5.69 Å². The summed E-state index contributed by atoms with van der Waals surface area (Å²) in [4.78, 5) is 15.6. The molecule has 2 aromatic rings. The van der Waals surface area contributed by atoms with Gasteiger partial charge in [-0.1, -0.05) is 0 Å². The Hall–Kier alpha value is -2.17. The average molecular weight is 245 g/mol. The highest BCUT2D eigenvalue weighted by molar-refractivity contribution is 5.89. The van der Waals surface area contributed by atoms with E-state index in [2.05, 4.69) is 14.8 Å². The normalized spacial score (nSPS) is 10.4. The van der Waals surface area contributed by atoms with Crippen LogP contribution in [0.25, 0.3) is 11.1 Å². The average Bonchev–Trinajstić information content (AvgIpc) is 2.70. The summed E-state index contributed by atoms with van der Waals surface area (Å²) < 4.78 is 6.48. The Balaban J connectivity index is 2.57. The molecule has 5 nitrogen and oxygen atoms in total. The molecule has 18 heavy (non-hydrogen) atoms. The van der Waals surface area contributed by atoms with Crippen LogP contribution in [0.1, 0.15) is 21.7 Å². The van der Waals surface area contributed by atoms with Gasteiger partial charge in [-0.3, -0.25) is 4.68 Å². The van der Waals surface area contributed by atoms with Crippen LogP contribution in [0.5, 0.6) is 0 Å². The van der Waals surface area contributed by atoms with E-state index in [9.17, 15) is 4.79 Å². The third-order valence-electron chi connectivity index (χ3n) is 3.02. The first-order valence-corrected chi connectivity index (χ1v) is 5.58. The van der Waals surface area contributed by atoms with Crippen molar-refractivity contribution in [2.24, 2.45) is 7.05 Å². The maximum Gasteiger partial charge on any atom is 0.356 e. The number of carbonyl (C=O) groups is 1. The second-order valence-corrected chi connectivity index (χ2v) is 4.14. The maximum absolute atomic E-state index is 11.5. The predicted molar refractivity (Wildman–Crippen MR) is 67.3 cm³/mol. The minimum absolute atomic E-state index is 0.307. The van der Waals surface area contributed by atoms with Gasteiger partial charge < -0.3 is 4.74 Å². The molecule has 0 amide bonds. The quantitative estimate of drug-likeness (QED) is 0.758. The highest BCUT2D eigenvalue weighted by atomic mass is 16.5. The predicted octanol–water partition coefficient (Wildman–Crippen LogP) is 1.89. The summed E-state index contributed by atoms with van der Waals surface area (Å²) in [5, 5.41) is 4.21. The van der Waals surface area contributed by atoms with E-state index in [4.69, 9.17) is 0 Å². The van der Waals surface area contributed by atoms with E-state index in [0.717, 1.165) is 22.4 Å². The molecule has 0 aliphatic carbocycles. The van der Waals surface area contributed by atoms with Crippen molar-refractivity contribution in [2.75, 3.05) is 7.11 Å². The zero-order chi connectivity index (χ0) is 13.3. The largest absolute Gasteiger partial charge is 0.464 e. The number of esters is 1. The molecule has 0 unspecified atom stereocenters. The van der Waals surface area contributed by atoms with E-state index in [1.54, 1.807) is 23.1 Å². The summed E-state index contributed by atoms with van der Waals surface area (Å²) >= 11 is 0. The van der Waals surface area contributed by atoms with Crippen molar-refractivity contribution < 1.29 is 9.53 Å². The molecule has 94 valence electrons. The van der Waals surface area contributed by atoms with Gasteiger partial charge in [0.15, 0.2) is 0 Å². The minimum atomic E-state index is -0.433. The first-order valence-electron chi connectivity index (χ1n) is 5.58. The smallest absolute Gasteiger partial charge is 0.356 e. The Bertz CT molecular complexity index is 602. The standard InChI is InChI=1S/C13H15N3O2/c1-8-6-14-12(13(17)18-4)5-10(8)11-7-15-16(3)9(11)2/h5-7H,1-4H3. The van der Waals surface area contributed by atoms with E-state index in [1.807, 2.05) is 20.9 Å². The number of hydrogen-bond donors (Lipinski definition) is 0. The Labute approximate surface area is 105 Å². The van der Waals surface area contributed by atoms with Gasteiger partial charge in [0, 0.05) is 24.5 Å². The number of ether oxygens (including phenoxy) is 1. The summed E-state index contributed by atoms with van der Waals surface area (Å²) in [6, 6.07) is 1.74. The number of hydrogen-bond acceptors (Lipinski definition) is 4. The van der Waals surface area contributed by atoms with Crippen molar-refractivity contribution in [3.05, 3.63) is 35.4 Å². The summed E-state index contributed by atoms with van der Waals surface area (Å²) in [5.41, 5.74) is 4.30. The van der Waals surface area contributed by atoms with E-state index >= 15 is 0 Å². The molecule has 2 heterocycles. The van der Waals surface area contributed by atoms with Crippen molar-refractivity contribution in [1.29, 1.82) is 0 Å². The number of rotatable bonds is 2. The van der Waals surface area contributed by atoms with Gasteiger partial charge in [-0.2, -0.15) is 5.10 Å². The lowest BCUT2D eigenvalue weighted by molar-refractivity contribution is 0.0594. The lowest BCUT2D eigenvalue weighted by Crippen LogP contribution is -2.05. The molecule has 0 spiro atoms. The Morgan fingerprint density at radius 1 is 1.28 bits per heavy atom. The van der Waals surface area contributed by atoms with Crippen LogP contribution in [0.15, 0.2) is 18.5 Å². The third-order valence-corrected chi connectivity index (χ3v) is 3.02. The van der Waals surface area contributed by atoms with E-state index < -0.39 is 5.97 Å². The summed E-state index contributed by atoms with van der Waals surface area (Å²) in [5.74, 6) is -0.433. The Kier molecular flexibility index (Phi) is 3.14. The minimum Gasteiger partial charge on any atom is -0.464 e. The second kappa shape index (κ2) is 4.60. The molecule has 0 radical (unpaired) electrons. The molecule has 0 fully saturated rings. The molecule has 0 atom stereocenters. The molecule has 0 aliphatic heterocycles. The first kappa shape index (κ1) is 12.3. The second-order valence-electron chi connectivity index (χ2n) is 4.14. The fourth-order valence-corrected chi connectivity index (χ4v) is 1.79. The SMILES string of the molecule is COC(=O)c1cc(-c2cnn(C)c2C)c(C)cn1. The summed E-state index contributed by atoms with van der Waals surface area (Å²) in [7, 11) is 3.23. The van der Waals surface area contributed by atoms with E-state index in [-0.39, 0.29) is 0 Å². The van der Waals surface area contributed by atoms with Crippen molar-refractivity contribution in [3.8, 4) is 11.1 Å². The Morgan fingerprint density at radius 2 is 2.00 bits per heavy atom. The number of nitrogens with zero attached hydrogens (tertiary/aromatic N) is 3. The van der Waals surface area contributed by atoms with E-state index in [1.165, 1.54) is 7.11 Å². The van der Waals surface area contributed by atoms with Crippen LogP contribution in [0, 0.1) is 13.8 Å². The van der Waals surface area contributed by atoms with Gasteiger partial charge in [0.2, 0.25) is 0 Å². The molecule has 5 heteroatoms. The number of carbonyl (C=O) groups excluding carboxylic acids is 1. The maximum atomic E-state index is 11.5. The number of aryl methyl sites for hydroxylation is 2. The van der Waals surface area contributed by atoms with E-state index in [0.29, 0.717) is 5.69 Å². The van der Waals surface area contributed by atoms with Crippen molar-refractivity contribution in [3.63, 3.8) is 0 Å². The van der Waals surface area contributed by atoms with Crippen LogP contribution in [-0.4, -0.2) is 27.8 Å². The number of aromatic nitrogens is 3. The van der Waals surface area contributed by atoms with Gasteiger partial charge >= 0.3 is 5.97 Å². The molecule has 0 aliphatic rings. The highest BCUT2D eigenvalue weighted by Gasteiger charge is 2.14. The van der Waals surface area contributed by atoms with Crippen LogP contribution in [-0.2, 0) is 11.8 Å². The zero-order valence-corrected chi connectivity index (χ0v) is 10.9. The monoisotopic (exact) mass is 245 g/mol. The lowest BCUT2D eigenvalue weighted by Gasteiger charge is -2.07. The molecule has 0 saturated heterocycles. The third kappa shape index (κ3) is 1.99. The molecule has 2 aromatic heterocycles. The molecule has 2 rings (SSSR count). The summed E-state index contributed by atoms with van der Waals surface area (Å²) in [6.07, 6.45) is 3.47. The fourth-order valence-electron chi connectivity index (χ4n) is 1.79. The van der Waals surface area contributed by atoms with Gasteiger partial charge in [-0.05, 0) is 31.0 Å². The van der Waals surface area contributed by atoms with Gasteiger partial charge in [-0.15, -0.1) is 0 Å². The lowest BCUT2D eigenvalue weighted by atomic mass is 10.0. The Morgan fingerprint density at radius 3 is 2.56 bits per heavy atom. The highest BCUT2D eigenvalue weighted by Crippen LogP contribution is 2.26. The number of methoxy groups -OCH3 is 1. The zero-order valence-electron chi connectivity index (χ0n) is 10.9. The fraction of sp³-hybridized carbons (Fsp3) is 0.308. The van der Waals surface area contributed by atoms with Gasteiger partial charge in [-0.25, -0.2) is 9.78 Å². The van der Waals surface area contributed by atoms with Crippen LogP contribution >= 0.6 is 0 Å². The van der Waals surface area contributed by atoms with Crippen LogP contribution in [0.4, 0.5) is 0 Å². The molecule has 0 N–H and O–H groups in total.